The first-order valence-electron chi connectivity index (χ1n) is 8.10. The highest BCUT2D eigenvalue weighted by Gasteiger charge is 2.34. The van der Waals surface area contributed by atoms with Crippen LogP contribution in [0, 0.1) is 0 Å². The molecule has 0 bridgehead atoms. The molecule has 2 heterocycles. The van der Waals surface area contributed by atoms with Gasteiger partial charge in [-0.25, -0.2) is 0 Å². The zero-order valence-electron chi connectivity index (χ0n) is 13.0. The number of piperidine rings is 1. The van der Waals surface area contributed by atoms with E-state index in [9.17, 15) is 5.11 Å². The lowest BCUT2D eigenvalue weighted by atomic mass is 9.88. The number of β-amino-alcohol motifs (C(OH)–C–C–N with tert-alkyl or cyclic N) is 1. The molecule has 1 unspecified atom stereocenters. The molecular weight excluding hydrogens is 264 g/mol. The molecule has 1 aromatic heterocycles. The molecule has 0 radical (unpaired) electrons. The summed E-state index contributed by atoms with van der Waals surface area (Å²) >= 11 is 0. The van der Waals surface area contributed by atoms with E-state index in [0.29, 0.717) is 6.42 Å². The van der Waals surface area contributed by atoms with Crippen molar-refractivity contribution in [2.75, 3.05) is 19.6 Å². The summed E-state index contributed by atoms with van der Waals surface area (Å²) in [5.41, 5.74) is 0.901. The Hall–Kier alpha value is -1.20. The van der Waals surface area contributed by atoms with Gasteiger partial charge in [-0.1, -0.05) is 11.6 Å². The van der Waals surface area contributed by atoms with Gasteiger partial charge in [0, 0.05) is 26.6 Å². The molecule has 116 valence electrons. The number of allylic oxidation sites excluding steroid dienone is 1. The summed E-state index contributed by atoms with van der Waals surface area (Å²) in [7, 11) is 1.94. The van der Waals surface area contributed by atoms with Crippen molar-refractivity contribution in [2.45, 2.75) is 50.5 Å². The van der Waals surface area contributed by atoms with E-state index in [2.05, 4.69) is 21.2 Å². The minimum atomic E-state index is -0.658. The number of aromatic nitrogens is 3. The van der Waals surface area contributed by atoms with Crippen LogP contribution in [0.4, 0.5) is 0 Å². The van der Waals surface area contributed by atoms with Crippen molar-refractivity contribution in [1.29, 1.82) is 0 Å². The monoisotopic (exact) mass is 290 g/mol. The second-order valence-electron chi connectivity index (χ2n) is 6.68. The number of rotatable bonds is 4. The molecular formula is C16H26N4O. The summed E-state index contributed by atoms with van der Waals surface area (Å²) in [4.78, 5) is 2.41. The Bertz CT molecular complexity index is 510. The molecule has 5 heteroatoms. The molecule has 1 fully saturated rings. The van der Waals surface area contributed by atoms with Crippen LogP contribution in [0.3, 0.4) is 0 Å². The summed E-state index contributed by atoms with van der Waals surface area (Å²) in [5.74, 6) is 0.872. The smallest absolute Gasteiger partial charge is 0.135 e. The first kappa shape index (κ1) is 14.7. The van der Waals surface area contributed by atoms with Crippen LogP contribution < -0.4 is 0 Å². The number of hydrogen-bond donors (Lipinski definition) is 1. The van der Waals surface area contributed by atoms with E-state index in [0.717, 1.165) is 38.3 Å². The quantitative estimate of drug-likeness (QED) is 0.857. The first-order valence-corrected chi connectivity index (χ1v) is 8.10. The second-order valence-corrected chi connectivity index (χ2v) is 6.68. The Kier molecular flexibility index (Phi) is 4.40. The topological polar surface area (TPSA) is 54.2 Å². The second kappa shape index (κ2) is 6.28. The summed E-state index contributed by atoms with van der Waals surface area (Å²) < 4.78 is 1.90. The summed E-state index contributed by atoms with van der Waals surface area (Å²) in [6.07, 6.45) is 11.7. The van der Waals surface area contributed by atoms with Crippen LogP contribution in [-0.4, -0.2) is 50.0 Å². The third-order valence-electron chi connectivity index (χ3n) is 4.74. The molecule has 1 aliphatic heterocycles. The Morgan fingerprint density at radius 3 is 2.95 bits per heavy atom. The van der Waals surface area contributed by atoms with Crippen molar-refractivity contribution in [3.05, 3.63) is 23.8 Å². The van der Waals surface area contributed by atoms with Gasteiger partial charge in [-0.3, -0.25) is 4.90 Å². The molecule has 0 spiro atoms. The van der Waals surface area contributed by atoms with Crippen molar-refractivity contribution < 1.29 is 5.11 Å². The van der Waals surface area contributed by atoms with Crippen LogP contribution in [0.25, 0.3) is 0 Å². The van der Waals surface area contributed by atoms with Gasteiger partial charge in [0.05, 0.1) is 5.60 Å². The number of aryl methyl sites for hydroxylation is 1. The van der Waals surface area contributed by atoms with Crippen molar-refractivity contribution in [3.8, 4) is 0 Å². The number of likely N-dealkylation sites (tertiary alicyclic amines) is 1. The fraction of sp³-hybridized carbons (Fsp3) is 0.750. The first-order chi connectivity index (χ1) is 10.1. The molecule has 1 aromatic rings. The highest BCUT2D eigenvalue weighted by Crippen LogP contribution is 2.26. The maximum absolute atomic E-state index is 10.9. The standard InChI is InChI=1S/C16H26N4O/c1-19-13-17-18-15(19)10-16(21)8-5-9-20(12-16)11-14-6-3-2-4-7-14/h6,13,21H,2-5,7-12H2,1H3. The average Bonchev–Trinajstić information content (AvgIpc) is 2.85. The largest absolute Gasteiger partial charge is 0.388 e. The Balaban J connectivity index is 1.61. The Morgan fingerprint density at radius 2 is 2.24 bits per heavy atom. The van der Waals surface area contributed by atoms with Crippen LogP contribution >= 0.6 is 0 Å². The average molecular weight is 290 g/mol. The number of nitrogens with zero attached hydrogens (tertiary/aromatic N) is 4. The minimum Gasteiger partial charge on any atom is -0.388 e. The van der Waals surface area contributed by atoms with Gasteiger partial charge >= 0.3 is 0 Å². The van der Waals surface area contributed by atoms with Crippen LogP contribution in [0.15, 0.2) is 18.0 Å². The lowest BCUT2D eigenvalue weighted by molar-refractivity contribution is -0.0295. The molecule has 5 nitrogen and oxygen atoms in total. The van der Waals surface area contributed by atoms with E-state index in [4.69, 9.17) is 0 Å². The molecule has 1 atom stereocenters. The lowest BCUT2D eigenvalue weighted by Crippen LogP contribution is -2.50. The zero-order chi connectivity index (χ0) is 14.7. The van der Waals surface area contributed by atoms with Gasteiger partial charge in [-0.2, -0.15) is 0 Å². The third kappa shape index (κ3) is 3.71. The van der Waals surface area contributed by atoms with Gasteiger partial charge in [0.2, 0.25) is 0 Å². The highest BCUT2D eigenvalue weighted by atomic mass is 16.3. The minimum absolute atomic E-state index is 0.596. The van der Waals surface area contributed by atoms with E-state index in [1.165, 1.54) is 25.7 Å². The molecule has 0 aromatic carbocycles. The molecule has 1 saturated heterocycles. The van der Waals surface area contributed by atoms with Crippen LogP contribution in [0.2, 0.25) is 0 Å². The molecule has 0 amide bonds. The van der Waals surface area contributed by atoms with E-state index in [1.807, 2.05) is 11.6 Å². The van der Waals surface area contributed by atoms with Gasteiger partial charge in [0.1, 0.15) is 12.2 Å². The maximum atomic E-state index is 10.9. The third-order valence-corrected chi connectivity index (χ3v) is 4.74. The van der Waals surface area contributed by atoms with Gasteiger partial charge in [-0.05, 0) is 45.1 Å². The Morgan fingerprint density at radius 1 is 1.33 bits per heavy atom. The van der Waals surface area contributed by atoms with E-state index < -0.39 is 5.60 Å². The fourth-order valence-corrected chi connectivity index (χ4v) is 3.58. The summed E-state index contributed by atoms with van der Waals surface area (Å²) in [6.45, 7) is 2.87. The number of hydrogen-bond acceptors (Lipinski definition) is 4. The van der Waals surface area contributed by atoms with Crippen molar-refractivity contribution in [1.82, 2.24) is 19.7 Å². The van der Waals surface area contributed by atoms with Gasteiger partial charge in [0.25, 0.3) is 0 Å². The highest BCUT2D eigenvalue weighted by molar-refractivity contribution is 5.08. The van der Waals surface area contributed by atoms with Crippen molar-refractivity contribution >= 4 is 0 Å². The molecule has 1 N–H and O–H groups in total. The van der Waals surface area contributed by atoms with Crippen LogP contribution in [0.1, 0.15) is 44.3 Å². The van der Waals surface area contributed by atoms with Gasteiger partial charge in [-0.15, -0.1) is 10.2 Å². The van der Waals surface area contributed by atoms with E-state index in [-0.39, 0.29) is 0 Å². The molecule has 3 rings (SSSR count). The molecule has 0 saturated carbocycles. The van der Waals surface area contributed by atoms with Crippen LogP contribution in [-0.2, 0) is 13.5 Å². The van der Waals surface area contributed by atoms with Gasteiger partial charge in [0.15, 0.2) is 0 Å². The zero-order valence-corrected chi connectivity index (χ0v) is 13.0. The predicted molar refractivity (Wildman–Crippen MR) is 81.9 cm³/mol. The van der Waals surface area contributed by atoms with E-state index in [1.54, 1.807) is 11.9 Å². The normalized spacial score (nSPS) is 27.6. The Labute approximate surface area is 126 Å². The van der Waals surface area contributed by atoms with Crippen molar-refractivity contribution in [3.63, 3.8) is 0 Å². The predicted octanol–water partition coefficient (Wildman–Crippen LogP) is 1.68. The molecule has 2 aliphatic rings. The van der Waals surface area contributed by atoms with E-state index >= 15 is 0 Å². The lowest BCUT2D eigenvalue weighted by Gasteiger charge is -2.39. The maximum Gasteiger partial charge on any atom is 0.135 e. The summed E-state index contributed by atoms with van der Waals surface area (Å²) in [6, 6.07) is 0. The molecule has 21 heavy (non-hydrogen) atoms. The molecule has 1 aliphatic carbocycles. The SMILES string of the molecule is Cn1cnnc1CC1(O)CCCN(CC2=CCCCC2)C1. The fourth-order valence-electron chi connectivity index (χ4n) is 3.58. The van der Waals surface area contributed by atoms with Gasteiger partial charge < -0.3 is 9.67 Å². The van der Waals surface area contributed by atoms with Crippen molar-refractivity contribution in [2.24, 2.45) is 7.05 Å². The number of aliphatic hydroxyl groups is 1. The summed E-state index contributed by atoms with van der Waals surface area (Å²) in [5, 5.41) is 19.0. The van der Waals surface area contributed by atoms with Crippen LogP contribution in [0.5, 0.6) is 0 Å².